The van der Waals surface area contributed by atoms with E-state index in [-0.39, 0.29) is 11.9 Å². The summed E-state index contributed by atoms with van der Waals surface area (Å²) >= 11 is 0. The third-order valence-electron chi connectivity index (χ3n) is 3.28. The Morgan fingerprint density at radius 1 is 1.60 bits per heavy atom. The standard InChI is InChI=1S/C11H20N2O2/c1-2-3-4-10-11(14)13(8-12-10)9-5-6-15-7-9/h9-10,12H,2-8H2,1H3. The Hall–Kier alpha value is -0.610. The van der Waals surface area contributed by atoms with Crippen LogP contribution in [-0.4, -0.2) is 42.8 Å². The van der Waals surface area contributed by atoms with E-state index in [0.717, 1.165) is 32.3 Å². The predicted octanol–water partition coefficient (Wildman–Crippen LogP) is 0.723. The van der Waals surface area contributed by atoms with Crippen LogP contribution >= 0.6 is 0 Å². The second-order valence-corrected chi connectivity index (χ2v) is 4.38. The lowest BCUT2D eigenvalue weighted by Crippen LogP contribution is -2.38. The number of carbonyl (C=O) groups is 1. The smallest absolute Gasteiger partial charge is 0.241 e. The van der Waals surface area contributed by atoms with Crippen LogP contribution in [0.5, 0.6) is 0 Å². The van der Waals surface area contributed by atoms with Crippen molar-refractivity contribution in [3.63, 3.8) is 0 Å². The van der Waals surface area contributed by atoms with Crippen LogP contribution in [-0.2, 0) is 9.53 Å². The van der Waals surface area contributed by atoms with Gasteiger partial charge in [-0.25, -0.2) is 0 Å². The zero-order valence-corrected chi connectivity index (χ0v) is 9.37. The molecule has 2 aliphatic rings. The molecule has 2 fully saturated rings. The maximum atomic E-state index is 12.0. The first-order valence-electron chi connectivity index (χ1n) is 5.94. The van der Waals surface area contributed by atoms with Crippen molar-refractivity contribution in [2.24, 2.45) is 0 Å². The van der Waals surface area contributed by atoms with E-state index in [0.29, 0.717) is 19.3 Å². The molecule has 2 aliphatic heterocycles. The molecule has 86 valence electrons. The molecule has 15 heavy (non-hydrogen) atoms. The fourth-order valence-corrected chi connectivity index (χ4v) is 2.28. The minimum Gasteiger partial charge on any atom is -0.379 e. The predicted molar refractivity (Wildman–Crippen MR) is 57.4 cm³/mol. The van der Waals surface area contributed by atoms with E-state index in [9.17, 15) is 4.79 Å². The first-order chi connectivity index (χ1) is 7.33. The molecule has 0 spiro atoms. The Morgan fingerprint density at radius 2 is 2.47 bits per heavy atom. The second-order valence-electron chi connectivity index (χ2n) is 4.38. The van der Waals surface area contributed by atoms with Gasteiger partial charge in [0, 0.05) is 6.61 Å². The van der Waals surface area contributed by atoms with Gasteiger partial charge in [-0.15, -0.1) is 0 Å². The van der Waals surface area contributed by atoms with Gasteiger partial charge in [-0.2, -0.15) is 0 Å². The highest BCUT2D eigenvalue weighted by Crippen LogP contribution is 2.18. The molecule has 1 N–H and O–H groups in total. The summed E-state index contributed by atoms with van der Waals surface area (Å²) in [4.78, 5) is 14.0. The zero-order chi connectivity index (χ0) is 10.7. The Kier molecular flexibility index (Phi) is 3.59. The number of rotatable bonds is 4. The van der Waals surface area contributed by atoms with Crippen LogP contribution in [0.3, 0.4) is 0 Å². The summed E-state index contributed by atoms with van der Waals surface area (Å²) in [6.07, 6.45) is 4.24. The lowest BCUT2D eigenvalue weighted by atomic mass is 10.1. The Bertz CT molecular complexity index is 227. The molecule has 2 saturated heterocycles. The lowest BCUT2D eigenvalue weighted by Gasteiger charge is -2.21. The number of hydrogen-bond donors (Lipinski definition) is 1. The highest BCUT2D eigenvalue weighted by molar-refractivity contribution is 5.84. The van der Waals surface area contributed by atoms with Crippen LogP contribution in [0.1, 0.15) is 32.6 Å². The summed E-state index contributed by atoms with van der Waals surface area (Å²) in [5, 5.41) is 3.29. The van der Waals surface area contributed by atoms with Crippen molar-refractivity contribution in [2.75, 3.05) is 19.9 Å². The number of nitrogens with zero attached hydrogens (tertiary/aromatic N) is 1. The summed E-state index contributed by atoms with van der Waals surface area (Å²) in [6.45, 7) is 4.38. The molecule has 0 aromatic heterocycles. The topological polar surface area (TPSA) is 41.6 Å². The SMILES string of the molecule is CCCCC1NCN(C2CCOC2)C1=O. The van der Waals surface area contributed by atoms with E-state index in [1.54, 1.807) is 0 Å². The summed E-state index contributed by atoms with van der Waals surface area (Å²) < 4.78 is 5.31. The third kappa shape index (κ3) is 2.32. The number of unbranched alkanes of at least 4 members (excludes halogenated alkanes) is 1. The fraction of sp³-hybridized carbons (Fsp3) is 0.909. The second kappa shape index (κ2) is 4.94. The number of nitrogens with one attached hydrogen (secondary N) is 1. The van der Waals surface area contributed by atoms with Gasteiger partial charge >= 0.3 is 0 Å². The molecule has 0 aromatic carbocycles. The van der Waals surface area contributed by atoms with E-state index in [1.165, 1.54) is 0 Å². The van der Waals surface area contributed by atoms with Gasteiger partial charge < -0.3 is 9.64 Å². The number of ether oxygens (including phenoxy) is 1. The van der Waals surface area contributed by atoms with Gasteiger partial charge in [0.25, 0.3) is 0 Å². The van der Waals surface area contributed by atoms with Crippen molar-refractivity contribution in [3.05, 3.63) is 0 Å². The molecule has 0 aromatic rings. The highest BCUT2D eigenvalue weighted by atomic mass is 16.5. The van der Waals surface area contributed by atoms with Crippen LogP contribution < -0.4 is 5.32 Å². The molecule has 0 radical (unpaired) electrons. The first kappa shape index (κ1) is 10.9. The van der Waals surface area contributed by atoms with Crippen LogP contribution in [0.4, 0.5) is 0 Å². The van der Waals surface area contributed by atoms with Crippen LogP contribution in [0, 0.1) is 0 Å². The van der Waals surface area contributed by atoms with Crippen molar-refractivity contribution in [2.45, 2.75) is 44.7 Å². The van der Waals surface area contributed by atoms with Gasteiger partial charge in [0.05, 0.1) is 25.4 Å². The van der Waals surface area contributed by atoms with E-state index < -0.39 is 0 Å². The molecule has 2 unspecified atom stereocenters. The average molecular weight is 212 g/mol. The van der Waals surface area contributed by atoms with E-state index in [4.69, 9.17) is 4.74 Å². The molecule has 4 heteroatoms. The maximum absolute atomic E-state index is 12.0. The molecule has 1 amide bonds. The molecular weight excluding hydrogens is 192 g/mol. The molecular formula is C11H20N2O2. The number of carbonyl (C=O) groups excluding carboxylic acids is 1. The molecule has 2 rings (SSSR count). The Labute approximate surface area is 91.0 Å². The molecule has 0 saturated carbocycles. The van der Waals surface area contributed by atoms with Crippen LogP contribution in [0.15, 0.2) is 0 Å². The number of amides is 1. The normalized spacial score (nSPS) is 31.5. The van der Waals surface area contributed by atoms with Crippen LogP contribution in [0.25, 0.3) is 0 Å². The minimum absolute atomic E-state index is 0.0607. The molecule has 2 atom stereocenters. The van der Waals surface area contributed by atoms with Crippen molar-refractivity contribution in [1.29, 1.82) is 0 Å². The monoisotopic (exact) mass is 212 g/mol. The third-order valence-corrected chi connectivity index (χ3v) is 3.28. The quantitative estimate of drug-likeness (QED) is 0.746. The molecule has 0 aliphatic carbocycles. The highest BCUT2D eigenvalue weighted by Gasteiger charge is 2.36. The van der Waals surface area contributed by atoms with Crippen LogP contribution in [0.2, 0.25) is 0 Å². The van der Waals surface area contributed by atoms with E-state index in [1.807, 2.05) is 4.90 Å². The summed E-state index contributed by atoms with van der Waals surface area (Å²) in [6, 6.07) is 0.377. The Balaban J connectivity index is 1.85. The van der Waals surface area contributed by atoms with Gasteiger partial charge in [0.15, 0.2) is 0 Å². The van der Waals surface area contributed by atoms with E-state index >= 15 is 0 Å². The maximum Gasteiger partial charge on any atom is 0.241 e. The Morgan fingerprint density at radius 3 is 3.13 bits per heavy atom. The molecule has 4 nitrogen and oxygen atoms in total. The van der Waals surface area contributed by atoms with Gasteiger partial charge in [-0.1, -0.05) is 19.8 Å². The van der Waals surface area contributed by atoms with Crippen molar-refractivity contribution in [3.8, 4) is 0 Å². The first-order valence-corrected chi connectivity index (χ1v) is 5.94. The largest absolute Gasteiger partial charge is 0.379 e. The molecule has 2 heterocycles. The number of hydrogen-bond acceptors (Lipinski definition) is 3. The average Bonchev–Trinajstić information content (AvgIpc) is 2.84. The van der Waals surface area contributed by atoms with E-state index in [2.05, 4.69) is 12.2 Å². The van der Waals surface area contributed by atoms with Gasteiger partial charge in [0.2, 0.25) is 5.91 Å². The van der Waals surface area contributed by atoms with Gasteiger partial charge in [-0.3, -0.25) is 10.1 Å². The fourth-order valence-electron chi connectivity index (χ4n) is 2.28. The lowest BCUT2D eigenvalue weighted by molar-refractivity contribution is -0.131. The van der Waals surface area contributed by atoms with Gasteiger partial charge in [0.1, 0.15) is 0 Å². The summed E-state index contributed by atoms with van der Waals surface area (Å²) in [5.41, 5.74) is 0. The van der Waals surface area contributed by atoms with Gasteiger partial charge in [-0.05, 0) is 12.8 Å². The summed E-state index contributed by atoms with van der Waals surface area (Å²) in [5.74, 6) is 0.277. The van der Waals surface area contributed by atoms with Crippen molar-refractivity contribution < 1.29 is 9.53 Å². The van der Waals surface area contributed by atoms with Crippen molar-refractivity contribution >= 4 is 5.91 Å². The molecule has 0 bridgehead atoms. The zero-order valence-electron chi connectivity index (χ0n) is 9.37. The minimum atomic E-state index is 0.0607. The summed E-state index contributed by atoms with van der Waals surface area (Å²) in [7, 11) is 0. The van der Waals surface area contributed by atoms with Crippen molar-refractivity contribution in [1.82, 2.24) is 10.2 Å².